The third-order valence-corrected chi connectivity index (χ3v) is 6.91. The normalized spacial score (nSPS) is 22.2. The number of anilines is 1. The van der Waals surface area contributed by atoms with Crippen LogP contribution < -0.4 is 10.6 Å². The van der Waals surface area contributed by atoms with Gasteiger partial charge in [-0.25, -0.2) is 18.7 Å². The van der Waals surface area contributed by atoms with E-state index in [9.17, 15) is 13.6 Å². The van der Waals surface area contributed by atoms with E-state index in [1.165, 1.54) is 6.20 Å². The molecular weight excluding hydrogens is 454 g/mol. The largest absolute Gasteiger partial charge is 0.373 e. The maximum atomic E-state index is 13.4. The smallest absolute Gasteiger partial charge is 0.257 e. The molecule has 5 heterocycles. The highest BCUT2D eigenvalue weighted by Gasteiger charge is 2.39. The standard InChI is InChI=1S/C24H26F2N8O/c1-27-21-10-19(30-23-16(11-29-34(21)23)24(35)31-20-9-18(20)26)17-13-33(22-15(17)3-2-6-28-22)14-4-7-32(12-14)8-5-25/h2-3,6,10-11,13-14,18,20,27H,4-5,7-9,12H2,1H3,(H,31,35)/t14-,18+,20-/m1/s1. The van der Waals surface area contributed by atoms with Crippen LogP contribution in [0.2, 0.25) is 0 Å². The molecule has 0 bridgehead atoms. The lowest BCUT2D eigenvalue weighted by Crippen LogP contribution is -2.27. The number of nitrogens with zero attached hydrogens (tertiary/aromatic N) is 6. The van der Waals surface area contributed by atoms with E-state index in [-0.39, 0.29) is 18.6 Å². The molecule has 1 saturated heterocycles. The summed E-state index contributed by atoms with van der Waals surface area (Å²) in [6.07, 6.45) is 5.53. The first-order valence-corrected chi connectivity index (χ1v) is 11.8. The zero-order chi connectivity index (χ0) is 24.1. The van der Waals surface area contributed by atoms with E-state index in [4.69, 9.17) is 4.98 Å². The second kappa shape index (κ2) is 8.56. The Morgan fingerprint density at radius 1 is 1.31 bits per heavy atom. The van der Waals surface area contributed by atoms with E-state index in [1.807, 2.05) is 24.4 Å². The lowest BCUT2D eigenvalue weighted by molar-refractivity contribution is 0.0949. The summed E-state index contributed by atoms with van der Waals surface area (Å²) in [4.78, 5) is 24.4. The first-order valence-electron chi connectivity index (χ1n) is 11.8. The van der Waals surface area contributed by atoms with E-state index in [0.29, 0.717) is 35.7 Å². The number of amides is 1. The van der Waals surface area contributed by atoms with Crippen molar-refractivity contribution in [2.75, 3.05) is 38.7 Å². The summed E-state index contributed by atoms with van der Waals surface area (Å²) < 4.78 is 30.0. The summed E-state index contributed by atoms with van der Waals surface area (Å²) in [5.74, 6) is 0.276. The Bertz CT molecular complexity index is 1420. The SMILES string of the molecule is CNc1cc(-c2cn([C@@H]3CCN(CCF)C3)c3ncccc23)nc2c(C(=O)N[C@@H]3C[C@@H]3F)cnn12. The number of fused-ring (bicyclic) bond motifs is 2. The molecule has 35 heavy (non-hydrogen) atoms. The molecule has 2 aliphatic rings. The predicted octanol–water partition coefficient (Wildman–Crippen LogP) is 2.84. The van der Waals surface area contributed by atoms with Gasteiger partial charge in [-0.2, -0.15) is 9.61 Å². The van der Waals surface area contributed by atoms with Gasteiger partial charge in [0.2, 0.25) is 0 Å². The number of pyridine rings is 1. The summed E-state index contributed by atoms with van der Waals surface area (Å²) in [6.45, 7) is 1.70. The van der Waals surface area contributed by atoms with Crippen molar-refractivity contribution in [3.05, 3.63) is 42.4 Å². The molecule has 1 aliphatic carbocycles. The molecule has 2 fully saturated rings. The number of halogens is 2. The number of likely N-dealkylation sites (tertiary alicyclic amines) is 1. The topological polar surface area (TPSA) is 92.4 Å². The Hall–Kier alpha value is -3.60. The summed E-state index contributed by atoms with van der Waals surface area (Å²) in [7, 11) is 1.78. The Labute approximate surface area is 200 Å². The van der Waals surface area contributed by atoms with Crippen LogP contribution in [0.3, 0.4) is 0 Å². The Morgan fingerprint density at radius 3 is 2.94 bits per heavy atom. The Kier molecular flexibility index (Phi) is 5.36. The fourth-order valence-corrected chi connectivity index (χ4v) is 4.93. The maximum Gasteiger partial charge on any atom is 0.257 e. The monoisotopic (exact) mass is 480 g/mol. The minimum Gasteiger partial charge on any atom is -0.373 e. The summed E-state index contributed by atoms with van der Waals surface area (Å²) in [6, 6.07) is 5.52. The summed E-state index contributed by atoms with van der Waals surface area (Å²) >= 11 is 0. The van der Waals surface area contributed by atoms with Gasteiger partial charge in [0.05, 0.1) is 17.9 Å². The molecule has 9 nitrogen and oxygen atoms in total. The second-order valence-electron chi connectivity index (χ2n) is 9.16. The van der Waals surface area contributed by atoms with E-state index in [2.05, 4.69) is 30.2 Å². The van der Waals surface area contributed by atoms with Gasteiger partial charge >= 0.3 is 0 Å². The fourth-order valence-electron chi connectivity index (χ4n) is 4.93. The van der Waals surface area contributed by atoms with Gasteiger partial charge in [0.25, 0.3) is 5.91 Å². The molecule has 2 N–H and O–H groups in total. The summed E-state index contributed by atoms with van der Waals surface area (Å²) in [5.41, 5.74) is 3.08. The lowest BCUT2D eigenvalue weighted by Gasteiger charge is -2.15. The minimum atomic E-state index is -0.993. The molecule has 6 rings (SSSR count). The van der Waals surface area contributed by atoms with E-state index < -0.39 is 12.2 Å². The maximum absolute atomic E-state index is 13.4. The molecule has 0 unspecified atom stereocenters. The van der Waals surface area contributed by atoms with Crippen LogP contribution in [-0.2, 0) is 0 Å². The third-order valence-electron chi connectivity index (χ3n) is 6.91. The number of hydrogen-bond acceptors (Lipinski definition) is 6. The van der Waals surface area contributed by atoms with E-state index in [0.717, 1.165) is 36.1 Å². The quantitative estimate of drug-likeness (QED) is 0.423. The molecule has 0 spiro atoms. The predicted molar refractivity (Wildman–Crippen MR) is 128 cm³/mol. The van der Waals surface area contributed by atoms with E-state index in [1.54, 1.807) is 17.8 Å². The minimum absolute atomic E-state index is 0.184. The van der Waals surface area contributed by atoms with Crippen LogP contribution in [0.15, 0.2) is 36.8 Å². The number of nitrogens with one attached hydrogen (secondary N) is 2. The van der Waals surface area contributed by atoms with Crippen LogP contribution in [-0.4, -0.2) is 80.5 Å². The molecule has 1 saturated carbocycles. The van der Waals surface area contributed by atoms with Crippen LogP contribution in [0, 0.1) is 0 Å². The Morgan fingerprint density at radius 2 is 2.17 bits per heavy atom. The van der Waals surface area contributed by atoms with Crippen molar-refractivity contribution < 1.29 is 13.6 Å². The van der Waals surface area contributed by atoms with Crippen LogP contribution >= 0.6 is 0 Å². The highest BCUT2D eigenvalue weighted by atomic mass is 19.1. The lowest BCUT2D eigenvalue weighted by atomic mass is 10.1. The molecule has 11 heteroatoms. The highest BCUT2D eigenvalue weighted by molar-refractivity contribution is 6.01. The molecule has 0 radical (unpaired) electrons. The van der Waals surface area contributed by atoms with Crippen molar-refractivity contribution in [3.8, 4) is 11.3 Å². The molecule has 4 aromatic rings. The van der Waals surface area contributed by atoms with Crippen molar-refractivity contribution >= 4 is 28.4 Å². The number of aromatic nitrogens is 5. The van der Waals surface area contributed by atoms with Crippen LogP contribution in [0.1, 0.15) is 29.2 Å². The number of hydrogen-bond donors (Lipinski definition) is 2. The highest BCUT2D eigenvalue weighted by Crippen LogP contribution is 2.35. The van der Waals surface area contributed by atoms with Crippen molar-refractivity contribution in [3.63, 3.8) is 0 Å². The number of carbonyl (C=O) groups excluding carboxylic acids is 1. The van der Waals surface area contributed by atoms with Gasteiger partial charge in [-0.15, -0.1) is 0 Å². The molecule has 182 valence electrons. The van der Waals surface area contributed by atoms with Gasteiger partial charge in [0, 0.05) is 68.6 Å². The van der Waals surface area contributed by atoms with E-state index >= 15 is 0 Å². The van der Waals surface area contributed by atoms with Gasteiger partial charge in [-0.3, -0.25) is 9.69 Å². The second-order valence-corrected chi connectivity index (χ2v) is 9.16. The van der Waals surface area contributed by atoms with Crippen molar-refractivity contribution in [1.82, 2.24) is 34.4 Å². The van der Waals surface area contributed by atoms with Crippen LogP contribution in [0.4, 0.5) is 14.6 Å². The van der Waals surface area contributed by atoms with Crippen LogP contribution in [0.25, 0.3) is 27.9 Å². The first-order chi connectivity index (χ1) is 17.1. The molecule has 4 aromatic heterocycles. The molecule has 0 aromatic carbocycles. The van der Waals surface area contributed by atoms with Crippen LogP contribution in [0.5, 0.6) is 0 Å². The third kappa shape index (κ3) is 3.79. The first kappa shape index (κ1) is 21.9. The number of rotatable bonds is 7. The zero-order valence-electron chi connectivity index (χ0n) is 19.3. The number of alkyl halides is 2. The van der Waals surface area contributed by atoms with Crippen molar-refractivity contribution in [2.45, 2.75) is 31.1 Å². The van der Waals surface area contributed by atoms with Gasteiger partial charge in [0.15, 0.2) is 5.65 Å². The average molecular weight is 481 g/mol. The van der Waals surface area contributed by atoms with Gasteiger partial charge in [0.1, 0.15) is 29.9 Å². The number of carbonyl (C=O) groups is 1. The molecule has 1 aliphatic heterocycles. The van der Waals surface area contributed by atoms with Gasteiger partial charge in [-0.05, 0) is 18.6 Å². The fraction of sp³-hybridized carbons (Fsp3) is 0.417. The average Bonchev–Trinajstić information content (AvgIpc) is 3.26. The van der Waals surface area contributed by atoms with Gasteiger partial charge in [-0.1, -0.05) is 0 Å². The molecular formula is C24H26F2N8O. The molecule has 3 atom stereocenters. The zero-order valence-corrected chi connectivity index (χ0v) is 19.3. The van der Waals surface area contributed by atoms with Crippen molar-refractivity contribution in [1.29, 1.82) is 0 Å². The Balaban J connectivity index is 1.44. The molecule has 1 amide bonds. The van der Waals surface area contributed by atoms with Crippen molar-refractivity contribution in [2.24, 2.45) is 0 Å². The van der Waals surface area contributed by atoms with Gasteiger partial charge < -0.3 is 15.2 Å². The summed E-state index contributed by atoms with van der Waals surface area (Å²) in [5, 5.41) is 11.1.